The number of nitrogens with one attached hydrogen (secondary N) is 2. The van der Waals surface area contributed by atoms with Crippen LogP contribution in [0.15, 0.2) is 58.4 Å². The van der Waals surface area contributed by atoms with Gasteiger partial charge in [0.25, 0.3) is 15.6 Å². The number of nitrogens with zero attached hydrogens (tertiary/aromatic N) is 1. The number of ether oxygens (including phenoxy) is 1. The molecule has 0 fully saturated rings. The van der Waals surface area contributed by atoms with Crippen LogP contribution in [0.3, 0.4) is 0 Å². The van der Waals surface area contributed by atoms with E-state index in [1.807, 2.05) is 0 Å². The molecule has 0 saturated heterocycles. The van der Waals surface area contributed by atoms with Crippen molar-refractivity contribution in [1.29, 1.82) is 0 Å². The fraction of sp³-hybridized carbons (Fsp3) is 0.0526. The number of sulfonamides is 1. The Morgan fingerprint density at radius 1 is 1.17 bits per heavy atom. The highest BCUT2D eigenvalue weighted by Crippen LogP contribution is 2.32. The number of pyridine rings is 1. The third-order valence-electron chi connectivity index (χ3n) is 4.63. The molecule has 0 unspecified atom stereocenters. The Bertz CT molecular complexity index is 1460. The Hall–Kier alpha value is -3.86. The summed E-state index contributed by atoms with van der Waals surface area (Å²) in [5.41, 5.74) is 0.0716. The van der Waals surface area contributed by atoms with Crippen molar-refractivity contribution >= 4 is 43.7 Å². The number of rotatable bonds is 4. The molecule has 4 rings (SSSR count). The SMILES string of the molecule is CN(c1ccc(F)cc1)S(=O)(=O)c1ccc2[nH]c(=O)c3[nH]cc(OC(=O)O)c3c2c1. The zero-order valence-electron chi connectivity index (χ0n) is 15.3. The highest BCUT2D eigenvalue weighted by Gasteiger charge is 2.23. The number of anilines is 1. The summed E-state index contributed by atoms with van der Waals surface area (Å²) in [4.78, 5) is 28.4. The zero-order chi connectivity index (χ0) is 21.6. The van der Waals surface area contributed by atoms with Gasteiger partial charge in [-0.3, -0.25) is 9.10 Å². The summed E-state index contributed by atoms with van der Waals surface area (Å²) in [5.74, 6) is -0.630. The summed E-state index contributed by atoms with van der Waals surface area (Å²) in [6, 6.07) is 8.97. The van der Waals surface area contributed by atoms with Gasteiger partial charge in [0.15, 0.2) is 5.75 Å². The van der Waals surface area contributed by atoms with Crippen LogP contribution >= 0.6 is 0 Å². The van der Waals surface area contributed by atoms with Crippen LogP contribution in [0.1, 0.15) is 0 Å². The van der Waals surface area contributed by atoms with Gasteiger partial charge in [0, 0.05) is 24.1 Å². The van der Waals surface area contributed by atoms with Crippen LogP contribution in [-0.2, 0) is 10.0 Å². The number of aromatic nitrogens is 2. The highest BCUT2D eigenvalue weighted by atomic mass is 32.2. The van der Waals surface area contributed by atoms with Gasteiger partial charge in [-0.25, -0.2) is 17.6 Å². The molecule has 0 bridgehead atoms. The molecule has 30 heavy (non-hydrogen) atoms. The summed E-state index contributed by atoms with van der Waals surface area (Å²) in [5, 5.41) is 9.35. The van der Waals surface area contributed by atoms with Crippen molar-refractivity contribution in [3.63, 3.8) is 0 Å². The minimum absolute atomic E-state index is 0.0418. The van der Waals surface area contributed by atoms with E-state index in [1.54, 1.807) is 0 Å². The van der Waals surface area contributed by atoms with Crippen LogP contribution in [0.25, 0.3) is 21.8 Å². The number of carboxylic acid groups (broad SMARTS) is 1. The first kappa shape index (κ1) is 19.5. The van der Waals surface area contributed by atoms with Crippen molar-refractivity contribution in [3.8, 4) is 5.75 Å². The molecular formula is C19H14FN3O6S. The van der Waals surface area contributed by atoms with Crippen LogP contribution in [0.4, 0.5) is 14.9 Å². The van der Waals surface area contributed by atoms with Gasteiger partial charge in [-0.15, -0.1) is 0 Å². The molecule has 2 heterocycles. The lowest BCUT2D eigenvalue weighted by molar-refractivity contribution is 0.145. The van der Waals surface area contributed by atoms with Crippen LogP contribution in [0, 0.1) is 5.82 Å². The number of fused-ring (bicyclic) bond motifs is 3. The Kier molecular flexibility index (Phi) is 4.46. The van der Waals surface area contributed by atoms with Crippen LogP contribution < -0.4 is 14.6 Å². The summed E-state index contributed by atoms with van der Waals surface area (Å²) in [7, 11) is -2.72. The smallest absolute Gasteiger partial charge is 0.449 e. The van der Waals surface area contributed by atoms with E-state index >= 15 is 0 Å². The van der Waals surface area contributed by atoms with Gasteiger partial charge in [-0.05, 0) is 42.5 Å². The predicted molar refractivity (Wildman–Crippen MR) is 107 cm³/mol. The van der Waals surface area contributed by atoms with Crippen molar-refractivity contribution in [2.45, 2.75) is 4.90 Å². The van der Waals surface area contributed by atoms with Gasteiger partial charge in [0.1, 0.15) is 11.3 Å². The van der Waals surface area contributed by atoms with Gasteiger partial charge in [-0.2, -0.15) is 0 Å². The van der Waals surface area contributed by atoms with E-state index < -0.39 is 27.6 Å². The molecule has 0 aliphatic rings. The number of carbonyl (C=O) groups is 1. The average Bonchev–Trinajstić information content (AvgIpc) is 3.12. The van der Waals surface area contributed by atoms with E-state index in [1.165, 1.54) is 43.6 Å². The predicted octanol–water partition coefficient (Wildman–Crippen LogP) is 3.03. The molecule has 0 aliphatic carbocycles. The number of benzene rings is 2. The fourth-order valence-corrected chi connectivity index (χ4v) is 4.38. The first-order chi connectivity index (χ1) is 14.2. The standard InChI is InChI=1S/C19H14FN3O6S/c1-23(11-4-2-10(20)3-5-11)30(27,28)12-6-7-14-13(8-12)16-15(29-19(25)26)9-21-17(16)18(24)22-14/h2-9,21H,1H3,(H,22,24)(H,25,26). The number of hydrogen-bond acceptors (Lipinski definition) is 5. The molecule has 154 valence electrons. The summed E-state index contributed by atoms with van der Waals surface area (Å²) in [6.07, 6.45) is -0.372. The molecule has 11 heteroatoms. The second kappa shape index (κ2) is 6.88. The highest BCUT2D eigenvalue weighted by molar-refractivity contribution is 7.92. The van der Waals surface area contributed by atoms with Crippen molar-refractivity contribution in [2.75, 3.05) is 11.4 Å². The quantitative estimate of drug-likeness (QED) is 0.426. The molecule has 4 aromatic rings. The first-order valence-electron chi connectivity index (χ1n) is 8.51. The fourth-order valence-electron chi connectivity index (χ4n) is 3.16. The molecule has 0 atom stereocenters. The van der Waals surface area contributed by atoms with Gasteiger partial charge < -0.3 is 19.8 Å². The molecule has 0 spiro atoms. The lowest BCUT2D eigenvalue weighted by atomic mass is 10.1. The number of aromatic amines is 2. The van der Waals surface area contributed by atoms with Gasteiger partial charge in [-0.1, -0.05) is 0 Å². The molecule has 9 nitrogen and oxygen atoms in total. The molecule has 3 N–H and O–H groups in total. The number of halogens is 1. The molecule has 2 aromatic carbocycles. The Labute approximate surface area is 168 Å². The lowest BCUT2D eigenvalue weighted by Crippen LogP contribution is -2.26. The van der Waals surface area contributed by atoms with E-state index in [0.717, 1.165) is 16.4 Å². The minimum Gasteiger partial charge on any atom is -0.449 e. The molecule has 0 radical (unpaired) electrons. The van der Waals surface area contributed by atoms with Gasteiger partial charge >= 0.3 is 6.16 Å². The third kappa shape index (κ3) is 3.14. The van der Waals surface area contributed by atoms with E-state index in [9.17, 15) is 22.4 Å². The van der Waals surface area contributed by atoms with E-state index in [4.69, 9.17) is 9.84 Å². The molecule has 0 amide bonds. The average molecular weight is 431 g/mol. The lowest BCUT2D eigenvalue weighted by Gasteiger charge is -2.19. The van der Waals surface area contributed by atoms with E-state index in [0.29, 0.717) is 5.52 Å². The number of hydrogen-bond donors (Lipinski definition) is 3. The maximum Gasteiger partial charge on any atom is 0.511 e. The normalized spacial score (nSPS) is 11.7. The Morgan fingerprint density at radius 3 is 2.53 bits per heavy atom. The second-order valence-corrected chi connectivity index (χ2v) is 8.35. The van der Waals surface area contributed by atoms with E-state index in [2.05, 4.69) is 9.97 Å². The summed E-state index contributed by atoms with van der Waals surface area (Å²) in [6.45, 7) is 0. The van der Waals surface area contributed by atoms with Crippen molar-refractivity contribution in [2.24, 2.45) is 0 Å². The monoisotopic (exact) mass is 431 g/mol. The van der Waals surface area contributed by atoms with Crippen LogP contribution in [0.5, 0.6) is 5.75 Å². The van der Waals surface area contributed by atoms with Crippen LogP contribution in [0.2, 0.25) is 0 Å². The molecular weight excluding hydrogens is 417 g/mol. The van der Waals surface area contributed by atoms with Gasteiger partial charge in [0.05, 0.1) is 16.0 Å². The molecule has 2 aromatic heterocycles. The summed E-state index contributed by atoms with van der Waals surface area (Å²) >= 11 is 0. The molecule has 0 aliphatic heterocycles. The van der Waals surface area contributed by atoms with Crippen molar-refractivity contribution in [3.05, 3.63) is 64.8 Å². The van der Waals surface area contributed by atoms with E-state index in [-0.39, 0.29) is 32.6 Å². The van der Waals surface area contributed by atoms with Crippen LogP contribution in [-0.4, -0.2) is 36.7 Å². The topological polar surface area (TPSA) is 133 Å². The van der Waals surface area contributed by atoms with Crippen molar-refractivity contribution in [1.82, 2.24) is 9.97 Å². The van der Waals surface area contributed by atoms with Gasteiger partial charge in [0.2, 0.25) is 0 Å². The Morgan fingerprint density at radius 2 is 1.87 bits per heavy atom. The zero-order valence-corrected chi connectivity index (χ0v) is 16.2. The first-order valence-corrected chi connectivity index (χ1v) is 9.95. The summed E-state index contributed by atoms with van der Waals surface area (Å²) < 4.78 is 45.1. The third-order valence-corrected chi connectivity index (χ3v) is 6.41. The maximum absolute atomic E-state index is 13.2. The number of H-pyrrole nitrogens is 2. The minimum atomic E-state index is -4.04. The molecule has 0 saturated carbocycles. The second-order valence-electron chi connectivity index (χ2n) is 6.38. The Balaban J connectivity index is 1.92. The maximum atomic E-state index is 13.2. The van der Waals surface area contributed by atoms with Crippen molar-refractivity contribution < 1.29 is 27.4 Å². The largest absolute Gasteiger partial charge is 0.511 e.